The van der Waals surface area contributed by atoms with Gasteiger partial charge in [0.15, 0.2) is 0 Å². The van der Waals surface area contributed by atoms with Gasteiger partial charge in [-0.15, -0.1) is 0 Å². The Morgan fingerprint density at radius 3 is 2.81 bits per heavy atom. The Kier molecular flexibility index (Phi) is 7.01. The maximum absolute atomic E-state index is 11.8. The molecule has 5 heteroatoms. The molecule has 0 saturated carbocycles. The molecule has 0 saturated heterocycles. The highest BCUT2D eigenvalue weighted by molar-refractivity contribution is 5.95. The minimum absolute atomic E-state index is 0.181. The SMILES string of the molecule is CCCNC(=O)[C@@H](C)NC(=O)/C=C/c1cccc(OC)c1. The zero-order chi connectivity index (χ0) is 15.7. The second-order valence-electron chi connectivity index (χ2n) is 4.63. The van der Waals surface area contributed by atoms with E-state index in [0.29, 0.717) is 6.54 Å². The van der Waals surface area contributed by atoms with Gasteiger partial charge < -0.3 is 15.4 Å². The molecule has 5 nitrogen and oxygen atoms in total. The van der Waals surface area contributed by atoms with Crippen molar-refractivity contribution in [3.63, 3.8) is 0 Å². The summed E-state index contributed by atoms with van der Waals surface area (Å²) in [6, 6.07) is 6.80. The average molecular weight is 290 g/mol. The molecule has 0 heterocycles. The van der Waals surface area contributed by atoms with E-state index in [9.17, 15) is 9.59 Å². The minimum atomic E-state index is -0.556. The number of amides is 2. The highest BCUT2D eigenvalue weighted by atomic mass is 16.5. The van der Waals surface area contributed by atoms with Gasteiger partial charge >= 0.3 is 0 Å². The molecule has 1 aromatic rings. The fraction of sp³-hybridized carbons (Fsp3) is 0.375. The molecular weight excluding hydrogens is 268 g/mol. The van der Waals surface area contributed by atoms with E-state index >= 15 is 0 Å². The fourth-order valence-electron chi connectivity index (χ4n) is 1.65. The van der Waals surface area contributed by atoms with Crippen molar-refractivity contribution in [3.8, 4) is 5.75 Å². The summed E-state index contributed by atoms with van der Waals surface area (Å²) in [5.41, 5.74) is 0.854. The largest absolute Gasteiger partial charge is 0.497 e. The zero-order valence-electron chi connectivity index (χ0n) is 12.7. The summed E-state index contributed by atoms with van der Waals surface area (Å²) in [7, 11) is 1.59. The van der Waals surface area contributed by atoms with Crippen LogP contribution in [-0.4, -0.2) is 31.5 Å². The Morgan fingerprint density at radius 1 is 1.38 bits per heavy atom. The molecule has 1 rings (SSSR count). The molecule has 0 aliphatic heterocycles. The smallest absolute Gasteiger partial charge is 0.244 e. The first-order valence-corrected chi connectivity index (χ1v) is 6.97. The van der Waals surface area contributed by atoms with Crippen LogP contribution in [0.25, 0.3) is 6.08 Å². The van der Waals surface area contributed by atoms with Crippen LogP contribution in [0.2, 0.25) is 0 Å². The van der Waals surface area contributed by atoms with Crippen LogP contribution in [-0.2, 0) is 9.59 Å². The van der Waals surface area contributed by atoms with E-state index in [1.54, 1.807) is 20.1 Å². The number of ether oxygens (including phenoxy) is 1. The number of methoxy groups -OCH3 is 1. The van der Waals surface area contributed by atoms with Gasteiger partial charge in [0, 0.05) is 12.6 Å². The maximum Gasteiger partial charge on any atom is 0.244 e. The normalized spacial score (nSPS) is 12.0. The lowest BCUT2D eigenvalue weighted by atomic mass is 10.2. The van der Waals surface area contributed by atoms with Crippen molar-refractivity contribution >= 4 is 17.9 Å². The van der Waals surface area contributed by atoms with Crippen molar-refractivity contribution in [1.29, 1.82) is 0 Å². The molecule has 0 fully saturated rings. The molecule has 1 aromatic carbocycles. The molecule has 0 radical (unpaired) electrons. The number of carbonyl (C=O) groups is 2. The van der Waals surface area contributed by atoms with Crippen molar-refractivity contribution < 1.29 is 14.3 Å². The third-order valence-electron chi connectivity index (χ3n) is 2.82. The average Bonchev–Trinajstić information content (AvgIpc) is 2.50. The lowest BCUT2D eigenvalue weighted by Crippen LogP contribution is -2.44. The molecule has 0 aliphatic carbocycles. The van der Waals surface area contributed by atoms with Crippen LogP contribution >= 0.6 is 0 Å². The topological polar surface area (TPSA) is 67.4 Å². The molecule has 2 N–H and O–H groups in total. The second kappa shape index (κ2) is 8.79. The van der Waals surface area contributed by atoms with Crippen LogP contribution in [0.4, 0.5) is 0 Å². The summed E-state index contributed by atoms with van der Waals surface area (Å²) in [5, 5.41) is 5.35. The highest BCUT2D eigenvalue weighted by Crippen LogP contribution is 2.13. The standard InChI is InChI=1S/C16H22N2O3/c1-4-10-17-16(20)12(2)18-15(19)9-8-13-6-5-7-14(11-13)21-3/h5-9,11-12H,4,10H2,1-3H3,(H,17,20)(H,18,19)/b9-8+/t12-/m1/s1. The lowest BCUT2D eigenvalue weighted by molar-refractivity contribution is -0.126. The summed E-state index contributed by atoms with van der Waals surface area (Å²) >= 11 is 0. The first-order chi connectivity index (χ1) is 10.1. The van der Waals surface area contributed by atoms with E-state index in [4.69, 9.17) is 4.74 Å². The molecule has 0 aromatic heterocycles. The Labute approximate surface area is 125 Å². The summed E-state index contributed by atoms with van der Waals surface area (Å²) in [5.74, 6) is 0.238. The van der Waals surface area contributed by atoms with E-state index in [2.05, 4.69) is 10.6 Å². The van der Waals surface area contributed by atoms with Crippen LogP contribution in [0.3, 0.4) is 0 Å². The van der Waals surface area contributed by atoms with Crippen molar-refractivity contribution in [2.24, 2.45) is 0 Å². The number of nitrogens with one attached hydrogen (secondary N) is 2. The molecule has 0 unspecified atom stereocenters. The van der Waals surface area contributed by atoms with Gasteiger partial charge in [0.25, 0.3) is 0 Å². The molecular formula is C16H22N2O3. The van der Waals surface area contributed by atoms with E-state index in [0.717, 1.165) is 17.7 Å². The van der Waals surface area contributed by atoms with E-state index in [-0.39, 0.29) is 11.8 Å². The predicted octanol–water partition coefficient (Wildman–Crippen LogP) is 1.74. The molecule has 21 heavy (non-hydrogen) atoms. The van der Waals surface area contributed by atoms with Crippen molar-refractivity contribution in [1.82, 2.24) is 10.6 Å². The van der Waals surface area contributed by atoms with Crippen molar-refractivity contribution in [3.05, 3.63) is 35.9 Å². The Balaban J connectivity index is 2.52. The molecule has 2 amide bonds. The van der Waals surface area contributed by atoms with Gasteiger partial charge in [-0.1, -0.05) is 19.1 Å². The molecule has 0 aliphatic rings. The first-order valence-electron chi connectivity index (χ1n) is 6.97. The van der Waals surface area contributed by atoms with Gasteiger partial charge in [0.1, 0.15) is 11.8 Å². The third kappa shape index (κ3) is 6.12. The number of carbonyl (C=O) groups excluding carboxylic acids is 2. The number of benzene rings is 1. The van der Waals surface area contributed by atoms with E-state index < -0.39 is 6.04 Å². The molecule has 0 bridgehead atoms. The first kappa shape index (κ1) is 16.8. The predicted molar refractivity (Wildman–Crippen MR) is 82.9 cm³/mol. The second-order valence-corrected chi connectivity index (χ2v) is 4.63. The van der Waals surface area contributed by atoms with Crippen LogP contribution in [0.5, 0.6) is 5.75 Å². The van der Waals surface area contributed by atoms with Gasteiger partial charge in [-0.25, -0.2) is 0 Å². The van der Waals surface area contributed by atoms with Crippen LogP contribution in [0.1, 0.15) is 25.8 Å². The monoisotopic (exact) mass is 290 g/mol. The third-order valence-corrected chi connectivity index (χ3v) is 2.82. The lowest BCUT2D eigenvalue weighted by Gasteiger charge is -2.12. The van der Waals surface area contributed by atoms with Gasteiger partial charge in [0.05, 0.1) is 7.11 Å². The van der Waals surface area contributed by atoms with Gasteiger partial charge in [-0.05, 0) is 37.1 Å². The highest BCUT2D eigenvalue weighted by Gasteiger charge is 2.12. The number of rotatable bonds is 7. The van der Waals surface area contributed by atoms with Crippen LogP contribution in [0, 0.1) is 0 Å². The summed E-state index contributed by atoms with van der Waals surface area (Å²) in [6.07, 6.45) is 3.94. The molecule has 114 valence electrons. The Morgan fingerprint density at radius 2 is 2.14 bits per heavy atom. The van der Waals surface area contributed by atoms with E-state index in [1.165, 1.54) is 6.08 Å². The molecule has 0 spiro atoms. The Hall–Kier alpha value is -2.30. The maximum atomic E-state index is 11.8. The van der Waals surface area contributed by atoms with Gasteiger partial charge in [0.2, 0.25) is 11.8 Å². The van der Waals surface area contributed by atoms with Crippen molar-refractivity contribution in [2.45, 2.75) is 26.3 Å². The summed E-state index contributed by atoms with van der Waals surface area (Å²) in [6.45, 7) is 4.24. The zero-order valence-corrected chi connectivity index (χ0v) is 12.7. The van der Waals surface area contributed by atoms with Crippen molar-refractivity contribution in [2.75, 3.05) is 13.7 Å². The van der Waals surface area contributed by atoms with Crippen LogP contribution < -0.4 is 15.4 Å². The fourth-order valence-corrected chi connectivity index (χ4v) is 1.65. The molecule has 1 atom stereocenters. The van der Waals surface area contributed by atoms with Crippen LogP contribution in [0.15, 0.2) is 30.3 Å². The Bertz CT molecular complexity index is 512. The summed E-state index contributed by atoms with van der Waals surface area (Å²) in [4.78, 5) is 23.4. The number of hydrogen-bond acceptors (Lipinski definition) is 3. The van der Waals surface area contributed by atoms with Gasteiger partial charge in [-0.3, -0.25) is 9.59 Å². The summed E-state index contributed by atoms with van der Waals surface area (Å²) < 4.78 is 5.11. The van der Waals surface area contributed by atoms with E-state index in [1.807, 2.05) is 31.2 Å². The number of hydrogen-bond donors (Lipinski definition) is 2. The quantitative estimate of drug-likeness (QED) is 0.752. The van der Waals surface area contributed by atoms with Gasteiger partial charge in [-0.2, -0.15) is 0 Å². The minimum Gasteiger partial charge on any atom is -0.497 e.